The largest absolute Gasteiger partial charge is 0.504 e. The second-order valence-electron chi connectivity index (χ2n) is 8.70. The minimum absolute atomic E-state index is 0.107. The Morgan fingerprint density at radius 3 is 2.21 bits per heavy atom. The predicted molar refractivity (Wildman–Crippen MR) is 102 cm³/mol. The van der Waals surface area contributed by atoms with Gasteiger partial charge in [-0.05, 0) is 36.8 Å². The molecule has 2 atom stereocenters. The molecule has 3 aliphatic rings. The Morgan fingerprint density at radius 2 is 1.61 bits per heavy atom. The SMILES string of the molecule is CCCCC1(CCCC)c2c(O)c(O)c3c4c2CC1(COC(=O)C(O)C3=O)C4. The smallest absolute Gasteiger partial charge is 0.343 e. The van der Waals surface area contributed by atoms with Crippen LogP contribution in [0.25, 0.3) is 0 Å². The molecule has 2 unspecified atom stereocenters. The van der Waals surface area contributed by atoms with Crippen molar-refractivity contribution in [2.75, 3.05) is 6.61 Å². The molecular formula is C22H28O6. The first-order chi connectivity index (χ1) is 13.3. The summed E-state index contributed by atoms with van der Waals surface area (Å²) < 4.78 is 5.46. The van der Waals surface area contributed by atoms with Crippen molar-refractivity contribution in [2.24, 2.45) is 5.41 Å². The van der Waals surface area contributed by atoms with Crippen LogP contribution in [0.1, 0.15) is 79.4 Å². The van der Waals surface area contributed by atoms with E-state index < -0.39 is 34.4 Å². The van der Waals surface area contributed by atoms with Gasteiger partial charge in [0.1, 0.15) is 0 Å². The van der Waals surface area contributed by atoms with Gasteiger partial charge in [-0.3, -0.25) is 4.79 Å². The van der Waals surface area contributed by atoms with Crippen molar-refractivity contribution in [1.82, 2.24) is 0 Å². The number of aliphatic hydroxyl groups excluding tert-OH is 1. The number of ketones is 1. The number of phenolic OH excluding ortho intramolecular Hbond substituents is 2. The van der Waals surface area contributed by atoms with Crippen molar-refractivity contribution in [3.05, 3.63) is 22.3 Å². The van der Waals surface area contributed by atoms with E-state index >= 15 is 0 Å². The molecule has 1 aromatic carbocycles. The maximum atomic E-state index is 12.7. The average molecular weight is 388 g/mol. The van der Waals surface area contributed by atoms with Crippen LogP contribution in [0.4, 0.5) is 0 Å². The van der Waals surface area contributed by atoms with E-state index in [1.54, 1.807) is 0 Å². The van der Waals surface area contributed by atoms with Crippen molar-refractivity contribution >= 4 is 11.8 Å². The van der Waals surface area contributed by atoms with E-state index in [0.717, 1.165) is 49.7 Å². The van der Waals surface area contributed by atoms with Gasteiger partial charge in [-0.15, -0.1) is 0 Å². The summed E-state index contributed by atoms with van der Waals surface area (Å²) in [6.07, 6.45) is 4.74. The van der Waals surface area contributed by atoms with Crippen molar-refractivity contribution in [3.63, 3.8) is 0 Å². The van der Waals surface area contributed by atoms with E-state index in [2.05, 4.69) is 13.8 Å². The summed E-state index contributed by atoms with van der Waals surface area (Å²) in [6.45, 7) is 4.35. The number of hydrogen-bond donors (Lipinski definition) is 3. The Morgan fingerprint density at radius 1 is 1.00 bits per heavy atom. The van der Waals surface area contributed by atoms with E-state index in [1.165, 1.54) is 0 Å². The van der Waals surface area contributed by atoms with Gasteiger partial charge in [0.05, 0.1) is 12.2 Å². The fourth-order valence-electron chi connectivity index (χ4n) is 5.97. The van der Waals surface area contributed by atoms with Crippen molar-refractivity contribution in [3.8, 4) is 11.5 Å². The number of Topliss-reactive ketones (excluding diaryl/α,β-unsaturated/α-hetero) is 1. The van der Waals surface area contributed by atoms with Gasteiger partial charge in [-0.2, -0.15) is 0 Å². The van der Waals surface area contributed by atoms with Crippen LogP contribution in [-0.4, -0.2) is 39.8 Å². The number of phenols is 2. The second kappa shape index (κ2) is 6.48. The minimum Gasteiger partial charge on any atom is -0.504 e. The van der Waals surface area contributed by atoms with E-state index in [1.807, 2.05) is 0 Å². The van der Waals surface area contributed by atoms with Crippen LogP contribution in [0, 0.1) is 5.41 Å². The molecule has 0 amide bonds. The van der Waals surface area contributed by atoms with E-state index in [0.29, 0.717) is 18.4 Å². The van der Waals surface area contributed by atoms with Gasteiger partial charge in [0.25, 0.3) is 0 Å². The van der Waals surface area contributed by atoms with Crippen molar-refractivity contribution < 1.29 is 29.6 Å². The van der Waals surface area contributed by atoms with Gasteiger partial charge in [-0.25, -0.2) is 4.79 Å². The first-order valence-corrected chi connectivity index (χ1v) is 10.3. The molecule has 0 fully saturated rings. The van der Waals surface area contributed by atoms with Crippen molar-refractivity contribution in [2.45, 2.75) is 76.7 Å². The van der Waals surface area contributed by atoms with Crippen LogP contribution in [0.15, 0.2) is 0 Å². The number of carbonyl (C=O) groups excluding carboxylic acids is 2. The Kier molecular flexibility index (Phi) is 4.45. The molecule has 0 radical (unpaired) electrons. The summed E-state index contributed by atoms with van der Waals surface area (Å²) in [6, 6.07) is 0. The summed E-state index contributed by atoms with van der Waals surface area (Å²) in [5.41, 5.74) is 1.39. The molecule has 6 nitrogen and oxygen atoms in total. The van der Waals surface area contributed by atoms with Crippen LogP contribution in [0.3, 0.4) is 0 Å². The van der Waals surface area contributed by atoms with Gasteiger partial charge >= 0.3 is 5.97 Å². The zero-order valence-corrected chi connectivity index (χ0v) is 16.5. The number of ether oxygens (including phenoxy) is 1. The monoisotopic (exact) mass is 388 g/mol. The quantitative estimate of drug-likeness (QED) is 0.393. The Labute approximate surface area is 164 Å². The molecule has 0 saturated carbocycles. The Bertz CT molecular complexity index is 849. The molecule has 1 spiro atoms. The van der Waals surface area contributed by atoms with E-state index in [4.69, 9.17) is 4.74 Å². The Hall–Kier alpha value is -2.08. The summed E-state index contributed by atoms with van der Waals surface area (Å²) in [7, 11) is 0. The van der Waals surface area contributed by atoms with Crippen LogP contribution in [-0.2, 0) is 27.8 Å². The van der Waals surface area contributed by atoms with Gasteiger partial charge in [0.2, 0.25) is 11.9 Å². The van der Waals surface area contributed by atoms with Gasteiger partial charge in [0, 0.05) is 16.4 Å². The third-order valence-electron chi connectivity index (χ3n) is 7.31. The average Bonchev–Trinajstić information content (AvgIpc) is 3.19. The first kappa shape index (κ1) is 19.2. The summed E-state index contributed by atoms with van der Waals surface area (Å²) >= 11 is 0. The highest BCUT2D eigenvalue weighted by Gasteiger charge is 2.64. The maximum absolute atomic E-state index is 12.7. The highest BCUT2D eigenvalue weighted by atomic mass is 16.5. The molecule has 1 aliphatic heterocycles. The zero-order valence-electron chi connectivity index (χ0n) is 16.5. The van der Waals surface area contributed by atoms with Gasteiger partial charge in [0.15, 0.2) is 11.5 Å². The first-order valence-electron chi connectivity index (χ1n) is 10.3. The lowest BCUT2D eigenvalue weighted by Crippen LogP contribution is -2.48. The molecule has 2 aliphatic carbocycles. The van der Waals surface area contributed by atoms with E-state index in [-0.39, 0.29) is 17.9 Å². The standard InChI is InChI=1S/C22H28O6/c1-3-5-7-22(8-6-4-2)15-13-10-21(22)9-12(13)14(16(23)18(15)25)17(24)19(26)20(27)28-11-21/h19,23,25-26H,3-11H2,1-2H3. The number of esters is 1. The van der Waals surface area contributed by atoms with Crippen molar-refractivity contribution in [1.29, 1.82) is 0 Å². The highest BCUT2D eigenvalue weighted by Crippen LogP contribution is 2.68. The summed E-state index contributed by atoms with van der Waals surface area (Å²) in [5.74, 6) is -2.63. The van der Waals surface area contributed by atoms with Crippen LogP contribution < -0.4 is 0 Å². The minimum atomic E-state index is -1.98. The molecular weight excluding hydrogens is 360 g/mol. The zero-order chi connectivity index (χ0) is 20.3. The lowest BCUT2D eigenvalue weighted by atomic mass is 9.56. The molecule has 3 bridgehead atoms. The normalized spacial score (nSPS) is 26.9. The Balaban J connectivity index is 2.00. The van der Waals surface area contributed by atoms with Gasteiger partial charge in [-0.1, -0.05) is 39.5 Å². The number of aromatic hydroxyl groups is 2. The lowest BCUT2D eigenvalue weighted by Gasteiger charge is -2.48. The molecule has 4 rings (SSSR count). The molecule has 0 saturated heterocycles. The highest BCUT2D eigenvalue weighted by molar-refractivity contribution is 6.14. The maximum Gasteiger partial charge on any atom is 0.343 e. The van der Waals surface area contributed by atoms with E-state index in [9.17, 15) is 24.9 Å². The van der Waals surface area contributed by atoms with Gasteiger partial charge < -0.3 is 20.1 Å². The van der Waals surface area contributed by atoms with Crippen LogP contribution in [0.5, 0.6) is 11.5 Å². The number of unbranched alkanes of at least 4 members (excludes halogenated alkanes) is 2. The number of aliphatic hydroxyl groups is 1. The third-order valence-corrected chi connectivity index (χ3v) is 7.31. The molecule has 152 valence electrons. The number of cyclic esters (lactones) is 1. The van der Waals surface area contributed by atoms with Crippen LogP contribution >= 0.6 is 0 Å². The molecule has 0 aromatic heterocycles. The topological polar surface area (TPSA) is 104 Å². The van der Waals surface area contributed by atoms with Crippen LogP contribution in [0.2, 0.25) is 0 Å². The fourth-order valence-corrected chi connectivity index (χ4v) is 5.97. The number of carbonyl (C=O) groups is 2. The summed E-state index contributed by atoms with van der Waals surface area (Å²) in [4.78, 5) is 25.0. The predicted octanol–water partition coefficient (Wildman–Crippen LogP) is 2.92. The molecule has 1 heterocycles. The number of rotatable bonds is 6. The number of hydrogen-bond acceptors (Lipinski definition) is 6. The molecule has 6 heteroatoms. The second-order valence-corrected chi connectivity index (χ2v) is 8.70. The molecule has 3 N–H and O–H groups in total. The fraction of sp³-hybridized carbons (Fsp3) is 0.636. The number of benzene rings is 1. The summed E-state index contributed by atoms with van der Waals surface area (Å²) in [5, 5.41) is 31.9. The third kappa shape index (κ3) is 2.24. The molecule has 1 aromatic rings. The molecule has 28 heavy (non-hydrogen) atoms. The lowest BCUT2D eigenvalue weighted by molar-refractivity contribution is -0.156.